The standard InChI is InChI=1S/C24H47NO7/c1-2-3-4-5-6-7-8-9-10-11-12-13-14-15-19(27)18(25)17-31-24-23(30)22(29)21(28)20(16-26)32-24/h14-15,18-24,26-30H,2-13,16-17,25H2,1H3/t18-,19+,20+,21-,22?,23?,24+/m0/s1. The van der Waals surface area contributed by atoms with Crippen molar-refractivity contribution in [1.29, 1.82) is 0 Å². The Labute approximate surface area is 193 Å². The Morgan fingerprint density at radius 2 is 1.44 bits per heavy atom. The van der Waals surface area contributed by atoms with E-state index < -0.39 is 49.5 Å². The van der Waals surface area contributed by atoms with Crippen molar-refractivity contribution in [3.8, 4) is 0 Å². The fourth-order valence-electron chi connectivity index (χ4n) is 3.81. The van der Waals surface area contributed by atoms with Gasteiger partial charge < -0.3 is 40.7 Å². The summed E-state index contributed by atoms with van der Waals surface area (Å²) in [4.78, 5) is 0. The summed E-state index contributed by atoms with van der Waals surface area (Å²) in [5.74, 6) is 0. The number of unbranched alkanes of at least 4 members (excludes halogenated alkanes) is 11. The molecule has 0 amide bonds. The van der Waals surface area contributed by atoms with E-state index in [1.54, 1.807) is 6.08 Å². The molecular weight excluding hydrogens is 414 g/mol. The maximum Gasteiger partial charge on any atom is 0.186 e. The fourth-order valence-corrected chi connectivity index (χ4v) is 3.81. The predicted molar refractivity (Wildman–Crippen MR) is 124 cm³/mol. The van der Waals surface area contributed by atoms with Crippen LogP contribution in [0.1, 0.15) is 84.0 Å². The Morgan fingerprint density at radius 3 is 2.00 bits per heavy atom. The number of aliphatic hydroxyl groups excluding tert-OH is 5. The van der Waals surface area contributed by atoms with Crippen LogP contribution in [0.15, 0.2) is 12.2 Å². The average Bonchev–Trinajstić information content (AvgIpc) is 2.79. The zero-order chi connectivity index (χ0) is 23.8. The number of allylic oxidation sites excluding steroid dienone is 1. The Morgan fingerprint density at radius 1 is 0.875 bits per heavy atom. The highest BCUT2D eigenvalue weighted by atomic mass is 16.7. The third-order valence-electron chi connectivity index (χ3n) is 6.05. The van der Waals surface area contributed by atoms with Crippen LogP contribution in [-0.2, 0) is 9.47 Å². The van der Waals surface area contributed by atoms with Crippen molar-refractivity contribution < 1.29 is 35.0 Å². The van der Waals surface area contributed by atoms with Crippen molar-refractivity contribution >= 4 is 0 Å². The first-order chi connectivity index (χ1) is 15.4. The lowest BCUT2D eigenvalue weighted by molar-refractivity contribution is -0.302. The quantitative estimate of drug-likeness (QED) is 0.134. The van der Waals surface area contributed by atoms with Gasteiger partial charge in [-0.1, -0.05) is 83.3 Å². The lowest BCUT2D eigenvalue weighted by atomic mass is 9.99. The predicted octanol–water partition coefficient (Wildman–Crippen LogP) is 1.75. The van der Waals surface area contributed by atoms with Gasteiger partial charge in [0.2, 0.25) is 0 Å². The molecule has 1 rings (SSSR count). The minimum atomic E-state index is -1.50. The fraction of sp³-hybridized carbons (Fsp3) is 0.917. The van der Waals surface area contributed by atoms with Gasteiger partial charge in [0.15, 0.2) is 6.29 Å². The van der Waals surface area contributed by atoms with Crippen LogP contribution in [0, 0.1) is 0 Å². The van der Waals surface area contributed by atoms with Gasteiger partial charge >= 0.3 is 0 Å². The van der Waals surface area contributed by atoms with Gasteiger partial charge in [-0.15, -0.1) is 0 Å². The van der Waals surface area contributed by atoms with E-state index in [0.29, 0.717) is 0 Å². The highest BCUT2D eigenvalue weighted by Crippen LogP contribution is 2.22. The SMILES string of the molecule is CCCCCCCCCCCCCC=C[C@@H](O)[C@@H](N)CO[C@@H]1O[C@H](CO)[C@H](O)C(O)C1O. The zero-order valence-corrected chi connectivity index (χ0v) is 19.7. The van der Waals surface area contributed by atoms with Gasteiger partial charge in [0.1, 0.15) is 24.4 Å². The summed E-state index contributed by atoms with van der Waals surface area (Å²) in [5, 5.41) is 48.8. The van der Waals surface area contributed by atoms with E-state index in [0.717, 1.165) is 12.8 Å². The zero-order valence-electron chi connectivity index (χ0n) is 19.7. The van der Waals surface area contributed by atoms with Gasteiger partial charge in [0.25, 0.3) is 0 Å². The molecule has 0 bridgehead atoms. The number of nitrogens with two attached hydrogens (primary N) is 1. The van der Waals surface area contributed by atoms with Gasteiger partial charge in [-0.05, 0) is 12.8 Å². The van der Waals surface area contributed by atoms with Gasteiger partial charge in [-0.3, -0.25) is 0 Å². The Balaban J connectivity index is 2.10. The molecule has 0 aromatic carbocycles. The smallest absolute Gasteiger partial charge is 0.186 e. The molecule has 8 nitrogen and oxygen atoms in total. The van der Waals surface area contributed by atoms with Crippen molar-refractivity contribution in [3.05, 3.63) is 12.2 Å². The Kier molecular flexibility index (Phi) is 16.4. The van der Waals surface area contributed by atoms with Crippen molar-refractivity contribution in [1.82, 2.24) is 0 Å². The van der Waals surface area contributed by atoms with E-state index in [1.165, 1.54) is 64.2 Å². The summed E-state index contributed by atoms with van der Waals surface area (Å²) < 4.78 is 10.6. The molecule has 1 fully saturated rings. The second-order valence-corrected chi connectivity index (χ2v) is 8.94. The summed E-state index contributed by atoms with van der Waals surface area (Å²) in [7, 11) is 0. The summed E-state index contributed by atoms with van der Waals surface area (Å²) in [5.41, 5.74) is 5.93. The maximum absolute atomic E-state index is 10.2. The number of rotatable bonds is 18. The molecule has 1 aliphatic heterocycles. The van der Waals surface area contributed by atoms with Crippen LogP contribution in [-0.4, -0.2) is 81.6 Å². The number of hydrogen-bond acceptors (Lipinski definition) is 8. The van der Waals surface area contributed by atoms with E-state index in [9.17, 15) is 25.5 Å². The summed E-state index contributed by atoms with van der Waals surface area (Å²) in [6.07, 6.45) is 11.1. The van der Waals surface area contributed by atoms with Crippen LogP contribution < -0.4 is 5.73 Å². The highest BCUT2D eigenvalue weighted by molar-refractivity contribution is 4.94. The maximum atomic E-state index is 10.2. The molecule has 8 heteroatoms. The Hall–Kier alpha value is -0.580. The number of aliphatic hydroxyl groups is 5. The molecule has 1 heterocycles. The van der Waals surface area contributed by atoms with E-state index in [-0.39, 0.29) is 6.61 Å². The molecule has 0 spiro atoms. The summed E-state index contributed by atoms with van der Waals surface area (Å²) in [6, 6.07) is -0.740. The normalized spacial score (nSPS) is 28.3. The van der Waals surface area contributed by atoms with E-state index in [4.69, 9.17) is 15.2 Å². The molecule has 0 aromatic heterocycles. The first kappa shape index (κ1) is 29.5. The lowest BCUT2D eigenvalue weighted by Crippen LogP contribution is -2.59. The van der Waals surface area contributed by atoms with Crippen molar-refractivity contribution in [2.24, 2.45) is 5.73 Å². The van der Waals surface area contributed by atoms with Crippen LogP contribution in [0.4, 0.5) is 0 Å². The topological polar surface area (TPSA) is 146 Å². The van der Waals surface area contributed by atoms with Crippen molar-refractivity contribution in [2.75, 3.05) is 13.2 Å². The van der Waals surface area contributed by atoms with Gasteiger partial charge in [-0.25, -0.2) is 0 Å². The van der Waals surface area contributed by atoms with Gasteiger partial charge in [0.05, 0.1) is 25.4 Å². The first-order valence-corrected chi connectivity index (χ1v) is 12.4. The van der Waals surface area contributed by atoms with Crippen molar-refractivity contribution in [3.63, 3.8) is 0 Å². The molecule has 0 aliphatic carbocycles. The van der Waals surface area contributed by atoms with Crippen LogP contribution >= 0.6 is 0 Å². The molecule has 0 saturated carbocycles. The third-order valence-corrected chi connectivity index (χ3v) is 6.05. The molecular formula is C24H47NO7. The van der Waals surface area contributed by atoms with Crippen molar-refractivity contribution in [2.45, 2.75) is 127 Å². The highest BCUT2D eigenvalue weighted by Gasteiger charge is 2.44. The molecule has 0 radical (unpaired) electrons. The van der Waals surface area contributed by atoms with Gasteiger partial charge in [-0.2, -0.15) is 0 Å². The minimum absolute atomic E-state index is 0.118. The molecule has 7 N–H and O–H groups in total. The molecule has 190 valence electrons. The first-order valence-electron chi connectivity index (χ1n) is 12.4. The molecule has 0 aromatic rings. The van der Waals surface area contributed by atoms with E-state index in [2.05, 4.69) is 6.92 Å². The average molecular weight is 462 g/mol. The van der Waals surface area contributed by atoms with E-state index >= 15 is 0 Å². The molecule has 32 heavy (non-hydrogen) atoms. The second kappa shape index (κ2) is 17.8. The summed E-state index contributed by atoms with van der Waals surface area (Å²) >= 11 is 0. The number of ether oxygens (including phenoxy) is 2. The van der Waals surface area contributed by atoms with Gasteiger partial charge in [0, 0.05) is 0 Å². The van der Waals surface area contributed by atoms with Crippen LogP contribution in [0.25, 0.3) is 0 Å². The molecule has 7 atom stereocenters. The largest absolute Gasteiger partial charge is 0.394 e. The second-order valence-electron chi connectivity index (χ2n) is 8.94. The molecule has 1 aliphatic rings. The van der Waals surface area contributed by atoms with Crippen LogP contribution in [0.3, 0.4) is 0 Å². The van der Waals surface area contributed by atoms with E-state index in [1.807, 2.05) is 6.08 Å². The minimum Gasteiger partial charge on any atom is -0.394 e. The van der Waals surface area contributed by atoms with Crippen LogP contribution in [0.2, 0.25) is 0 Å². The molecule has 2 unspecified atom stereocenters. The molecule has 1 saturated heterocycles. The van der Waals surface area contributed by atoms with Crippen LogP contribution in [0.5, 0.6) is 0 Å². The number of hydrogen-bond donors (Lipinski definition) is 6. The monoisotopic (exact) mass is 461 g/mol. The third kappa shape index (κ3) is 11.5. The summed E-state index contributed by atoms with van der Waals surface area (Å²) in [6.45, 7) is 1.60. The Bertz CT molecular complexity index is 477. The lowest BCUT2D eigenvalue weighted by Gasteiger charge is -2.39.